The van der Waals surface area contributed by atoms with E-state index in [0.717, 1.165) is 31.6 Å². The molecule has 6 fully saturated rings. The quantitative estimate of drug-likeness (QED) is 0.638. The molecule has 1 N–H and O–H groups in total. The van der Waals surface area contributed by atoms with Crippen LogP contribution in [0.5, 0.6) is 0 Å². The number of aliphatic hydroxyl groups is 1. The zero-order chi connectivity index (χ0) is 21.6. The molecule has 6 rings (SSSR count). The van der Waals surface area contributed by atoms with E-state index >= 15 is 0 Å². The van der Waals surface area contributed by atoms with Gasteiger partial charge in [-0.05, 0) is 73.5 Å². The maximum Gasteiger partial charge on any atom is 0.174 e. The lowest BCUT2D eigenvalue weighted by molar-refractivity contribution is -0.278. The van der Waals surface area contributed by atoms with Crippen LogP contribution in [0.15, 0.2) is 0 Å². The second-order valence-corrected chi connectivity index (χ2v) is 12.8. The molecule has 0 aromatic heterocycles. The Morgan fingerprint density at radius 3 is 2.65 bits per heavy atom. The largest absolute Gasteiger partial charge is 0.396 e. The van der Waals surface area contributed by atoms with Crippen LogP contribution in [-0.2, 0) is 14.3 Å². The highest BCUT2D eigenvalue weighted by Gasteiger charge is 2.72. The summed E-state index contributed by atoms with van der Waals surface area (Å²) < 4.78 is 13.1. The summed E-state index contributed by atoms with van der Waals surface area (Å²) >= 11 is 0. The van der Waals surface area contributed by atoms with Gasteiger partial charge in [0.25, 0.3) is 0 Å². The molecule has 0 aromatic carbocycles. The number of Topliss-reactive ketones (excluding diaryl/α,β-unsaturated/α-hetero) is 1. The van der Waals surface area contributed by atoms with Crippen LogP contribution in [0.2, 0.25) is 0 Å². The molecular weight excluding hydrogens is 388 g/mol. The van der Waals surface area contributed by atoms with Crippen molar-refractivity contribution in [1.29, 1.82) is 0 Å². The molecule has 6 aliphatic rings. The molecule has 2 unspecified atom stereocenters. The number of carbonyl (C=O) groups is 1. The smallest absolute Gasteiger partial charge is 0.174 e. The third-order valence-corrected chi connectivity index (χ3v) is 11.7. The maximum atomic E-state index is 14.0. The van der Waals surface area contributed by atoms with Gasteiger partial charge in [0.15, 0.2) is 5.79 Å². The molecule has 4 saturated carbocycles. The van der Waals surface area contributed by atoms with E-state index in [1.807, 2.05) is 0 Å². The predicted molar refractivity (Wildman–Crippen MR) is 118 cm³/mol. The maximum absolute atomic E-state index is 14.0. The van der Waals surface area contributed by atoms with E-state index in [2.05, 4.69) is 20.8 Å². The van der Waals surface area contributed by atoms with Crippen LogP contribution in [0.25, 0.3) is 0 Å². The van der Waals surface area contributed by atoms with Gasteiger partial charge in [-0.2, -0.15) is 0 Å². The lowest BCUT2D eigenvalue weighted by Crippen LogP contribution is -2.58. The van der Waals surface area contributed by atoms with E-state index in [4.69, 9.17) is 9.47 Å². The Bertz CT molecular complexity index is 742. The highest BCUT2D eigenvalue weighted by atomic mass is 16.7. The Hall–Kier alpha value is -0.450. The van der Waals surface area contributed by atoms with Crippen LogP contribution in [0.4, 0.5) is 0 Å². The van der Waals surface area contributed by atoms with Crippen molar-refractivity contribution < 1.29 is 19.4 Å². The Morgan fingerprint density at radius 1 is 1.06 bits per heavy atom. The number of rotatable bonds is 1. The minimum atomic E-state index is -0.658. The van der Waals surface area contributed by atoms with Gasteiger partial charge in [-0.1, -0.05) is 33.6 Å². The number of aliphatic hydroxyl groups excluding tert-OH is 1. The fourth-order valence-electron chi connectivity index (χ4n) is 9.99. The van der Waals surface area contributed by atoms with E-state index < -0.39 is 5.79 Å². The average Bonchev–Trinajstić information content (AvgIpc) is 3.22. The van der Waals surface area contributed by atoms with E-state index in [-0.39, 0.29) is 30.0 Å². The van der Waals surface area contributed by atoms with Gasteiger partial charge in [0, 0.05) is 30.1 Å². The molecule has 0 aromatic rings. The number of ether oxygens (including phenoxy) is 2. The summed E-state index contributed by atoms with van der Waals surface area (Å²) in [5, 5.41) is 10.5. The highest BCUT2D eigenvalue weighted by molar-refractivity contribution is 5.87. The Labute approximate surface area is 187 Å². The summed E-state index contributed by atoms with van der Waals surface area (Å²) in [7, 11) is 0. The average molecular weight is 431 g/mol. The van der Waals surface area contributed by atoms with Gasteiger partial charge >= 0.3 is 0 Å². The van der Waals surface area contributed by atoms with Gasteiger partial charge in [0.2, 0.25) is 0 Å². The standard InChI is InChI=1S/C27H42O4/c1-16-9-11-27(30-15-16)21(14-28)24-22(31-27)12-20-18-8-7-17-6-4-5-10-25(17,2)19(18)13-23(29)26(20,24)3/h16-22,24,28H,4-15H2,1-3H3/t16?,17?,18-,19+,20+,21+,22+,24+,25+,26-,27-/m1/s1. The van der Waals surface area contributed by atoms with E-state index in [1.54, 1.807) is 0 Å². The first-order valence-corrected chi connectivity index (χ1v) is 13.3. The molecule has 31 heavy (non-hydrogen) atoms. The van der Waals surface area contributed by atoms with Gasteiger partial charge in [-0.3, -0.25) is 4.79 Å². The second-order valence-electron chi connectivity index (χ2n) is 12.8. The summed E-state index contributed by atoms with van der Waals surface area (Å²) in [6.07, 6.45) is 11.8. The van der Waals surface area contributed by atoms with Crippen LogP contribution < -0.4 is 0 Å². The molecule has 0 radical (unpaired) electrons. The predicted octanol–water partition coefficient (Wildman–Crippen LogP) is 4.97. The first kappa shape index (κ1) is 21.1. The molecule has 0 bridgehead atoms. The lowest BCUT2D eigenvalue weighted by Gasteiger charge is -2.60. The van der Waals surface area contributed by atoms with Crippen molar-refractivity contribution in [3.63, 3.8) is 0 Å². The molecule has 2 aliphatic heterocycles. The minimum absolute atomic E-state index is 0.0675. The van der Waals surface area contributed by atoms with Crippen molar-refractivity contribution in [3.8, 4) is 0 Å². The fraction of sp³-hybridized carbons (Fsp3) is 0.963. The Balaban J connectivity index is 1.33. The summed E-state index contributed by atoms with van der Waals surface area (Å²) in [5.74, 6) is 2.86. The van der Waals surface area contributed by atoms with Crippen LogP contribution >= 0.6 is 0 Å². The number of hydrogen-bond acceptors (Lipinski definition) is 4. The number of fused-ring (bicyclic) bond motifs is 7. The molecule has 4 aliphatic carbocycles. The van der Waals surface area contributed by atoms with Crippen molar-refractivity contribution in [2.75, 3.05) is 13.2 Å². The minimum Gasteiger partial charge on any atom is -0.396 e. The third-order valence-electron chi connectivity index (χ3n) is 11.7. The first-order chi connectivity index (χ1) is 14.8. The van der Waals surface area contributed by atoms with Gasteiger partial charge in [-0.25, -0.2) is 0 Å². The Morgan fingerprint density at radius 2 is 1.90 bits per heavy atom. The molecule has 2 saturated heterocycles. The molecule has 1 spiro atoms. The van der Waals surface area contributed by atoms with Crippen molar-refractivity contribution in [2.45, 2.75) is 96.9 Å². The molecule has 2 heterocycles. The van der Waals surface area contributed by atoms with Crippen molar-refractivity contribution in [2.24, 2.45) is 52.3 Å². The van der Waals surface area contributed by atoms with E-state index in [1.165, 1.54) is 38.5 Å². The molecule has 4 heteroatoms. The molecular formula is C27H42O4. The number of carbonyl (C=O) groups excluding carboxylic acids is 1. The number of ketones is 1. The second kappa shape index (κ2) is 7.03. The molecule has 11 atom stereocenters. The summed E-state index contributed by atoms with van der Waals surface area (Å²) in [4.78, 5) is 14.0. The van der Waals surface area contributed by atoms with Crippen molar-refractivity contribution in [1.82, 2.24) is 0 Å². The van der Waals surface area contributed by atoms with Crippen LogP contribution in [0, 0.1) is 52.3 Å². The topological polar surface area (TPSA) is 55.8 Å². The summed E-state index contributed by atoms with van der Waals surface area (Å²) in [6, 6.07) is 0. The third kappa shape index (κ3) is 2.68. The van der Waals surface area contributed by atoms with Gasteiger partial charge in [0.1, 0.15) is 5.78 Å². The highest BCUT2D eigenvalue weighted by Crippen LogP contribution is 2.70. The molecule has 4 nitrogen and oxygen atoms in total. The Kier molecular flexibility index (Phi) is 4.78. The zero-order valence-electron chi connectivity index (χ0n) is 19.8. The van der Waals surface area contributed by atoms with E-state index in [0.29, 0.717) is 41.5 Å². The summed E-state index contributed by atoms with van der Waals surface area (Å²) in [5.41, 5.74) is 0.00392. The van der Waals surface area contributed by atoms with Crippen LogP contribution in [-0.4, -0.2) is 36.0 Å². The van der Waals surface area contributed by atoms with Crippen LogP contribution in [0.1, 0.15) is 85.0 Å². The normalized spacial score (nSPS) is 58.5. The van der Waals surface area contributed by atoms with Gasteiger partial charge < -0.3 is 14.6 Å². The molecule has 174 valence electrons. The van der Waals surface area contributed by atoms with Gasteiger partial charge in [0.05, 0.1) is 19.3 Å². The summed E-state index contributed by atoms with van der Waals surface area (Å²) in [6.45, 7) is 7.78. The van der Waals surface area contributed by atoms with Gasteiger partial charge in [-0.15, -0.1) is 0 Å². The molecule has 0 amide bonds. The van der Waals surface area contributed by atoms with Crippen molar-refractivity contribution >= 4 is 5.78 Å². The SMILES string of the molecule is CC1CC[C@@]2(OC1)O[C@H]1C[C@H]3[C@@H]4CCC5CCCC[C@]5(C)[C@H]4CC(=O)[C@]3(C)[C@H]1[C@@H]2CO. The first-order valence-electron chi connectivity index (χ1n) is 13.3. The lowest BCUT2D eigenvalue weighted by atomic mass is 9.44. The van der Waals surface area contributed by atoms with E-state index in [9.17, 15) is 9.90 Å². The van der Waals surface area contributed by atoms with Crippen LogP contribution in [0.3, 0.4) is 0 Å². The monoisotopic (exact) mass is 430 g/mol. The zero-order valence-corrected chi connectivity index (χ0v) is 19.8. The fourth-order valence-corrected chi connectivity index (χ4v) is 9.99. The number of hydrogen-bond donors (Lipinski definition) is 1. The van der Waals surface area contributed by atoms with Crippen molar-refractivity contribution in [3.05, 3.63) is 0 Å².